The maximum absolute atomic E-state index is 4.82. The first-order valence-electron chi connectivity index (χ1n) is 7.32. The highest BCUT2D eigenvalue weighted by molar-refractivity contribution is 9.09. The van der Waals surface area contributed by atoms with Gasteiger partial charge < -0.3 is 4.90 Å². The van der Waals surface area contributed by atoms with Crippen molar-refractivity contribution in [2.24, 2.45) is 0 Å². The van der Waals surface area contributed by atoms with Gasteiger partial charge in [-0.3, -0.25) is 0 Å². The Hall–Kier alpha value is -0.640. The molecule has 3 nitrogen and oxygen atoms in total. The van der Waals surface area contributed by atoms with E-state index in [2.05, 4.69) is 47.7 Å². The van der Waals surface area contributed by atoms with Gasteiger partial charge in [-0.05, 0) is 44.6 Å². The molecule has 2 unspecified atom stereocenters. The molecule has 0 N–H and O–H groups in total. The molecule has 104 valence electrons. The van der Waals surface area contributed by atoms with Gasteiger partial charge in [-0.2, -0.15) is 0 Å². The topological polar surface area (TPSA) is 29.0 Å². The normalized spacial score (nSPS) is 30.2. The fourth-order valence-corrected chi connectivity index (χ4v) is 4.29. The van der Waals surface area contributed by atoms with Crippen LogP contribution in [0.25, 0.3) is 0 Å². The minimum atomic E-state index is 0.465. The number of aromatic nitrogens is 2. The zero-order valence-corrected chi connectivity index (χ0v) is 13.5. The van der Waals surface area contributed by atoms with Crippen LogP contribution in [0.15, 0.2) is 6.07 Å². The van der Waals surface area contributed by atoms with Crippen LogP contribution in [0, 0.1) is 6.92 Å². The fraction of sp³-hybridized carbons (Fsp3) is 0.733. The van der Waals surface area contributed by atoms with Gasteiger partial charge in [0.05, 0.1) is 0 Å². The zero-order chi connectivity index (χ0) is 13.6. The van der Waals surface area contributed by atoms with Crippen molar-refractivity contribution in [3.63, 3.8) is 0 Å². The van der Waals surface area contributed by atoms with E-state index < -0.39 is 0 Å². The third-order valence-electron chi connectivity index (χ3n) is 4.36. The molecule has 0 aromatic carbocycles. The number of hydrogen-bond donors (Lipinski definition) is 0. The van der Waals surface area contributed by atoms with Gasteiger partial charge in [0, 0.05) is 28.3 Å². The summed E-state index contributed by atoms with van der Waals surface area (Å²) in [5.41, 5.74) is 2.26. The molecule has 3 heterocycles. The van der Waals surface area contributed by atoms with Gasteiger partial charge in [-0.1, -0.05) is 29.8 Å². The summed E-state index contributed by atoms with van der Waals surface area (Å²) < 4.78 is 0. The molecular formula is C15H22BrN3. The summed E-state index contributed by atoms with van der Waals surface area (Å²) in [7, 11) is 0. The highest BCUT2D eigenvalue weighted by Gasteiger charge is 2.41. The van der Waals surface area contributed by atoms with Crippen molar-refractivity contribution < 1.29 is 0 Å². The number of fused-ring (bicyclic) bond motifs is 2. The molecule has 2 bridgehead atoms. The summed E-state index contributed by atoms with van der Waals surface area (Å²) in [5.74, 6) is 1.43. The van der Waals surface area contributed by atoms with E-state index in [1.54, 1.807) is 0 Å². The smallest absolute Gasteiger partial charge is 0.226 e. The summed E-state index contributed by atoms with van der Waals surface area (Å²) >= 11 is 3.79. The van der Waals surface area contributed by atoms with E-state index >= 15 is 0 Å². The molecule has 19 heavy (non-hydrogen) atoms. The molecule has 3 rings (SSSR count). The predicted octanol–water partition coefficient (Wildman–Crippen LogP) is 3.80. The van der Waals surface area contributed by atoms with E-state index in [0.717, 1.165) is 11.6 Å². The number of aryl methyl sites for hydroxylation is 1. The first-order chi connectivity index (χ1) is 9.04. The van der Waals surface area contributed by atoms with Gasteiger partial charge >= 0.3 is 0 Å². The predicted molar refractivity (Wildman–Crippen MR) is 82.1 cm³/mol. The van der Waals surface area contributed by atoms with Gasteiger partial charge in [0.25, 0.3) is 0 Å². The molecule has 2 aliphatic heterocycles. The average molecular weight is 324 g/mol. The molecule has 1 aromatic rings. The lowest BCUT2D eigenvalue weighted by Gasteiger charge is -2.37. The van der Waals surface area contributed by atoms with Crippen molar-refractivity contribution in [1.29, 1.82) is 0 Å². The molecule has 1 aromatic heterocycles. The maximum Gasteiger partial charge on any atom is 0.226 e. The lowest BCUT2D eigenvalue weighted by atomic mass is 10.0. The maximum atomic E-state index is 4.82. The Balaban J connectivity index is 1.94. The van der Waals surface area contributed by atoms with Crippen LogP contribution >= 0.6 is 15.9 Å². The van der Waals surface area contributed by atoms with Crippen LogP contribution in [0.3, 0.4) is 0 Å². The number of nitrogens with zero attached hydrogens (tertiary/aromatic N) is 3. The Kier molecular flexibility index (Phi) is 3.54. The molecule has 2 fully saturated rings. The quantitative estimate of drug-likeness (QED) is 0.775. The monoisotopic (exact) mass is 323 g/mol. The lowest BCUT2D eigenvalue weighted by Crippen LogP contribution is -2.44. The highest BCUT2D eigenvalue weighted by atomic mass is 79.9. The van der Waals surface area contributed by atoms with E-state index in [4.69, 9.17) is 9.97 Å². The molecule has 0 radical (unpaired) electrons. The minimum absolute atomic E-state index is 0.465. The van der Waals surface area contributed by atoms with E-state index in [9.17, 15) is 0 Å². The Bertz CT molecular complexity index is 460. The van der Waals surface area contributed by atoms with Crippen molar-refractivity contribution in [3.8, 4) is 0 Å². The Morgan fingerprint density at radius 1 is 1.21 bits per heavy atom. The molecule has 0 saturated carbocycles. The summed E-state index contributed by atoms with van der Waals surface area (Å²) in [6.07, 6.45) is 5.04. The molecule has 0 amide bonds. The number of rotatable bonds is 2. The van der Waals surface area contributed by atoms with Gasteiger partial charge in [0.15, 0.2) is 0 Å². The van der Waals surface area contributed by atoms with Gasteiger partial charge in [0.1, 0.15) is 0 Å². The van der Waals surface area contributed by atoms with Crippen LogP contribution in [0.4, 0.5) is 5.95 Å². The van der Waals surface area contributed by atoms with Gasteiger partial charge in [-0.15, -0.1) is 0 Å². The van der Waals surface area contributed by atoms with E-state index in [0.29, 0.717) is 22.8 Å². The van der Waals surface area contributed by atoms with Crippen molar-refractivity contribution >= 4 is 21.9 Å². The molecule has 0 spiro atoms. The van der Waals surface area contributed by atoms with Crippen LogP contribution in [0.5, 0.6) is 0 Å². The number of hydrogen-bond acceptors (Lipinski definition) is 3. The SMILES string of the molecule is Cc1cc(C(C)C)nc(N2C3CCC2CC(Br)C3)n1. The van der Waals surface area contributed by atoms with Crippen LogP contribution in [0.1, 0.15) is 56.8 Å². The summed E-state index contributed by atoms with van der Waals surface area (Å²) in [6, 6.07) is 3.38. The van der Waals surface area contributed by atoms with Crippen molar-refractivity contribution in [2.75, 3.05) is 4.90 Å². The first kappa shape index (κ1) is 13.3. The molecule has 2 aliphatic rings. The average Bonchev–Trinajstić information content (AvgIpc) is 2.61. The minimum Gasteiger partial charge on any atom is -0.335 e. The summed E-state index contributed by atoms with van der Waals surface area (Å²) in [6.45, 7) is 6.48. The molecular weight excluding hydrogens is 302 g/mol. The Morgan fingerprint density at radius 2 is 1.84 bits per heavy atom. The largest absolute Gasteiger partial charge is 0.335 e. The Labute approximate surface area is 124 Å². The third-order valence-corrected chi connectivity index (χ3v) is 5.11. The van der Waals surface area contributed by atoms with Crippen molar-refractivity contribution in [1.82, 2.24) is 9.97 Å². The first-order valence-corrected chi connectivity index (χ1v) is 8.24. The second-order valence-electron chi connectivity index (χ2n) is 6.25. The van der Waals surface area contributed by atoms with E-state index in [1.165, 1.54) is 31.4 Å². The molecule has 4 heteroatoms. The molecule has 2 saturated heterocycles. The molecule has 2 atom stereocenters. The number of anilines is 1. The van der Waals surface area contributed by atoms with Gasteiger partial charge in [-0.25, -0.2) is 9.97 Å². The van der Waals surface area contributed by atoms with E-state index in [1.807, 2.05) is 0 Å². The fourth-order valence-electron chi connectivity index (χ4n) is 3.43. The van der Waals surface area contributed by atoms with Crippen molar-refractivity contribution in [2.45, 2.75) is 69.3 Å². The zero-order valence-electron chi connectivity index (χ0n) is 11.9. The number of alkyl halides is 1. The number of piperidine rings is 1. The summed E-state index contributed by atoms with van der Waals surface area (Å²) in [5, 5.41) is 0. The second-order valence-corrected chi connectivity index (χ2v) is 7.54. The van der Waals surface area contributed by atoms with E-state index in [-0.39, 0.29) is 0 Å². The second kappa shape index (κ2) is 5.04. The number of halogens is 1. The van der Waals surface area contributed by atoms with Crippen LogP contribution in [-0.2, 0) is 0 Å². The summed E-state index contributed by atoms with van der Waals surface area (Å²) in [4.78, 5) is 12.7. The lowest BCUT2D eigenvalue weighted by molar-refractivity contribution is 0.473. The van der Waals surface area contributed by atoms with Crippen molar-refractivity contribution in [3.05, 3.63) is 17.5 Å². The third kappa shape index (κ3) is 2.51. The Morgan fingerprint density at radius 3 is 2.42 bits per heavy atom. The van der Waals surface area contributed by atoms with Gasteiger partial charge in [0.2, 0.25) is 5.95 Å². The van der Waals surface area contributed by atoms with Crippen LogP contribution in [-0.4, -0.2) is 26.9 Å². The highest BCUT2D eigenvalue weighted by Crippen LogP contribution is 2.40. The van der Waals surface area contributed by atoms with Crippen LogP contribution < -0.4 is 4.90 Å². The molecule has 0 aliphatic carbocycles. The van der Waals surface area contributed by atoms with Crippen LogP contribution in [0.2, 0.25) is 0 Å². The standard InChI is InChI=1S/C15H22BrN3/c1-9(2)14-6-10(3)17-15(18-14)19-12-4-5-13(19)8-11(16)7-12/h6,9,11-13H,4-5,7-8H2,1-3H3.